The van der Waals surface area contributed by atoms with Crippen LogP contribution in [0.25, 0.3) is 0 Å². The molecule has 2 nitrogen and oxygen atoms in total. The second-order valence-electron chi connectivity index (χ2n) is 3.98. The lowest BCUT2D eigenvalue weighted by atomic mass is 10.2. The summed E-state index contributed by atoms with van der Waals surface area (Å²) in [7, 11) is 0. The largest absolute Gasteiger partial charge is 0.301 e. The molecule has 0 N–H and O–H groups in total. The van der Waals surface area contributed by atoms with Gasteiger partial charge in [0.1, 0.15) is 5.82 Å². The average Bonchev–Trinajstić information content (AvgIpc) is 2.94. The minimum atomic E-state index is -2.28. The molecule has 1 aromatic heterocycles. The van der Waals surface area contributed by atoms with E-state index in [0.29, 0.717) is 20.0 Å². The molecule has 9 heteroatoms. The Morgan fingerprint density at radius 3 is 2.41 bits per heavy atom. The van der Waals surface area contributed by atoms with Gasteiger partial charge in [0.2, 0.25) is 0 Å². The average molecular weight is 366 g/mol. The molecule has 1 heterocycles. The van der Waals surface area contributed by atoms with E-state index in [1.165, 1.54) is 29.2 Å². The van der Waals surface area contributed by atoms with Gasteiger partial charge >= 0.3 is 6.08 Å². The summed E-state index contributed by atoms with van der Waals surface area (Å²) in [5.74, 6) is -1.08. The van der Waals surface area contributed by atoms with Crippen molar-refractivity contribution in [3.63, 3.8) is 0 Å². The number of nitrogens with zero attached hydrogens (tertiary/aromatic N) is 2. The summed E-state index contributed by atoms with van der Waals surface area (Å²) < 4.78 is 51.1. The van der Waals surface area contributed by atoms with E-state index >= 15 is 0 Å². The molecule has 2 aromatic rings. The van der Waals surface area contributed by atoms with Gasteiger partial charge in [0.15, 0.2) is 14.5 Å². The van der Waals surface area contributed by atoms with Crippen LogP contribution < -0.4 is 0 Å². The highest BCUT2D eigenvalue weighted by Gasteiger charge is 2.09. The molecule has 0 unspecified atom stereocenters. The Balaban J connectivity index is 1.82. The molecular formula is C13H10F4N2S3. The molecule has 0 saturated carbocycles. The van der Waals surface area contributed by atoms with Crippen molar-refractivity contribution in [3.8, 4) is 0 Å². The number of aromatic nitrogens is 2. The molecule has 0 spiro atoms. The minimum Gasteiger partial charge on any atom is -0.207 e. The molecule has 1 aromatic carbocycles. The van der Waals surface area contributed by atoms with Gasteiger partial charge in [0, 0.05) is 17.9 Å². The van der Waals surface area contributed by atoms with Gasteiger partial charge in [-0.05, 0) is 11.6 Å². The standard InChI is InChI=1S/C13H10F4N2S3/c14-9-4-2-1-3-8(9)7-21-13-19-18-12(22-13)20-6-5-10(15)11(16)17/h1-4H,5-7H2. The number of halogens is 4. The van der Waals surface area contributed by atoms with Crippen molar-refractivity contribution in [1.82, 2.24) is 10.2 Å². The fourth-order valence-electron chi connectivity index (χ4n) is 1.39. The summed E-state index contributed by atoms with van der Waals surface area (Å²) in [5, 5.41) is 7.81. The van der Waals surface area contributed by atoms with Crippen LogP contribution in [0.2, 0.25) is 0 Å². The van der Waals surface area contributed by atoms with Crippen LogP contribution in [0, 0.1) is 5.82 Å². The monoisotopic (exact) mass is 366 g/mol. The van der Waals surface area contributed by atoms with Crippen LogP contribution in [-0.2, 0) is 5.75 Å². The number of hydrogen-bond donors (Lipinski definition) is 0. The van der Waals surface area contributed by atoms with Crippen molar-refractivity contribution in [2.75, 3.05) is 5.75 Å². The molecule has 118 valence electrons. The Kier molecular flexibility index (Phi) is 6.71. The molecule has 0 amide bonds. The van der Waals surface area contributed by atoms with Crippen LogP contribution in [0.3, 0.4) is 0 Å². The molecule has 0 aliphatic carbocycles. The molecule has 0 radical (unpaired) electrons. The van der Waals surface area contributed by atoms with Crippen LogP contribution in [0.1, 0.15) is 12.0 Å². The van der Waals surface area contributed by atoms with Crippen LogP contribution in [-0.4, -0.2) is 16.0 Å². The highest BCUT2D eigenvalue weighted by atomic mass is 32.2. The highest BCUT2D eigenvalue weighted by Crippen LogP contribution is 2.32. The van der Waals surface area contributed by atoms with E-state index in [1.54, 1.807) is 18.2 Å². The van der Waals surface area contributed by atoms with Gasteiger partial charge in [0.25, 0.3) is 0 Å². The quantitative estimate of drug-likeness (QED) is 0.475. The maximum absolute atomic E-state index is 13.5. The van der Waals surface area contributed by atoms with E-state index in [4.69, 9.17) is 0 Å². The third-order valence-electron chi connectivity index (χ3n) is 2.45. The van der Waals surface area contributed by atoms with Crippen LogP contribution in [0.15, 0.2) is 44.9 Å². The van der Waals surface area contributed by atoms with Gasteiger partial charge in [-0.15, -0.1) is 10.2 Å². The first-order valence-electron chi connectivity index (χ1n) is 6.08. The number of rotatable bonds is 7. The summed E-state index contributed by atoms with van der Waals surface area (Å²) in [6.45, 7) is 0. The first kappa shape index (κ1) is 17.3. The van der Waals surface area contributed by atoms with Crippen molar-refractivity contribution in [2.45, 2.75) is 20.9 Å². The molecule has 0 saturated heterocycles. The zero-order valence-corrected chi connectivity index (χ0v) is 13.5. The van der Waals surface area contributed by atoms with E-state index < -0.39 is 11.9 Å². The van der Waals surface area contributed by atoms with Crippen LogP contribution >= 0.6 is 34.9 Å². The summed E-state index contributed by atoms with van der Waals surface area (Å²) in [5.41, 5.74) is 0.572. The lowest BCUT2D eigenvalue weighted by Crippen LogP contribution is -1.85. The second-order valence-corrected chi connectivity index (χ2v) is 7.52. The molecule has 0 atom stereocenters. The highest BCUT2D eigenvalue weighted by molar-refractivity contribution is 8.02. The number of allylic oxidation sites excluding steroid dienone is 1. The van der Waals surface area contributed by atoms with Gasteiger partial charge in [-0.1, -0.05) is 53.1 Å². The maximum atomic E-state index is 13.5. The van der Waals surface area contributed by atoms with Crippen molar-refractivity contribution in [1.29, 1.82) is 0 Å². The van der Waals surface area contributed by atoms with E-state index in [0.717, 1.165) is 11.8 Å². The second kappa shape index (κ2) is 8.54. The maximum Gasteiger partial charge on any atom is 0.301 e. The SMILES string of the molecule is FC(F)=C(F)CCSc1nnc(SCc2ccccc2F)s1. The van der Waals surface area contributed by atoms with Crippen molar-refractivity contribution >= 4 is 34.9 Å². The minimum absolute atomic E-state index is 0.162. The van der Waals surface area contributed by atoms with E-state index in [1.807, 2.05) is 0 Å². The molecule has 0 aliphatic heterocycles. The predicted octanol–water partition coefficient (Wildman–Crippen LogP) is 5.53. The molecular weight excluding hydrogens is 356 g/mol. The van der Waals surface area contributed by atoms with E-state index in [2.05, 4.69) is 10.2 Å². The Morgan fingerprint density at radius 1 is 1.05 bits per heavy atom. The van der Waals surface area contributed by atoms with Crippen LogP contribution in [0.5, 0.6) is 0 Å². The van der Waals surface area contributed by atoms with Gasteiger partial charge in [-0.25, -0.2) is 8.78 Å². The summed E-state index contributed by atoms with van der Waals surface area (Å²) in [6, 6.07) is 6.46. The van der Waals surface area contributed by atoms with Gasteiger partial charge < -0.3 is 0 Å². The molecule has 0 aliphatic rings. The first-order valence-corrected chi connectivity index (χ1v) is 8.87. The third-order valence-corrected chi connectivity index (χ3v) is 5.69. The Bertz CT molecular complexity index is 656. The fraction of sp³-hybridized carbons (Fsp3) is 0.231. The Labute approximate surface area is 137 Å². The fourth-order valence-corrected chi connectivity index (χ4v) is 4.40. The van der Waals surface area contributed by atoms with Crippen molar-refractivity contribution in [3.05, 3.63) is 47.6 Å². The van der Waals surface area contributed by atoms with Crippen molar-refractivity contribution in [2.24, 2.45) is 0 Å². The zero-order valence-electron chi connectivity index (χ0n) is 11.1. The van der Waals surface area contributed by atoms with E-state index in [-0.39, 0.29) is 18.0 Å². The van der Waals surface area contributed by atoms with Gasteiger partial charge in [-0.2, -0.15) is 8.78 Å². The lowest BCUT2D eigenvalue weighted by Gasteiger charge is -1.99. The molecule has 22 heavy (non-hydrogen) atoms. The third kappa shape index (κ3) is 5.29. The predicted molar refractivity (Wildman–Crippen MR) is 81.6 cm³/mol. The smallest absolute Gasteiger partial charge is 0.207 e. The summed E-state index contributed by atoms with van der Waals surface area (Å²) in [6.07, 6.45) is -2.62. The van der Waals surface area contributed by atoms with Crippen LogP contribution in [0.4, 0.5) is 17.6 Å². The Morgan fingerprint density at radius 2 is 1.73 bits per heavy atom. The number of benzene rings is 1. The molecule has 2 rings (SSSR count). The van der Waals surface area contributed by atoms with E-state index in [9.17, 15) is 17.6 Å². The zero-order chi connectivity index (χ0) is 15.9. The normalized spacial score (nSPS) is 10.7. The molecule has 0 bridgehead atoms. The van der Waals surface area contributed by atoms with Crippen molar-refractivity contribution < 1.29 is 17.6 Å². The molecule has 0 fully saturated rings. The summed E-state index contributed by atoms with van der Waals surface area (Å²) >= 11 is 3.78. The number of thioether (sulfide) groups is 2. The lowest BCUT2D eigenvalue weighted by molar-refractivity contribution is 0.373. The topological polar surface area (TPSA) is 25.8 Å². The number of hydrogen-bond acceptors (Lipinski definition) is 5. The summed E-state index contributed by atoms with van der Waals surface area (Å²) in [4.78, 5) is 0. The van der Waals surface area contributed by atoms with Gasteiger partial charge in [-0.3, -0.25) is 0 Å². The Hall–Kier alpha value is -1.06. The first-order chi connectivity index (χ1) is 10.6. The van der Waals surface area contributed by atoms with Gasteiger partial charge in [0.05, 0.1) is 0 Å².